The largest absolute Gasteiger partial charge is 0.573 e. The summed E-state index contributed by atoms with van der Waals surface area (Å²) >= 11 is 0. The molecular formula is C20H25F3N4O2. The van der Waals surface area contributed by atoms with E-state index in [0.717, 1.165) is 31.7 Å². The number of hydrogen-bond donors (Lipinski definition) is 2. The average Bonchev–Trinajstić information content (AvgIpc) is 3.39. The number of benzene rings is 1. The molecule has 0 radical (unpaired) electrons. The summed E-state index contributed by atoms with van der Waals surface area (Å²) in [5, 5.41) is 6.29. The molecule has 29 heavy (non-hydrogen) atoms. The topological polar surface area (TPSA) is 62.0 Å². The zero-order valence-electron chi connectivity index (χ0n) is 16.2. The summed E-state index contributed by atoms with van der Waals surface area (Å²) in [6, 6.07) is 9.91. The van der Waals surface area contributed by atoms with Crippen LogP contribution in [0.15, 0.2) is 52.1 Å². The first-order valence-corrected chi connectivity index (χ1v) is 9.52. The number of guanidine groups is 1. The molecule has 0 amide bonds. The van der Waals surface area contributed by atoms with Gasteiger partial charge in [-0.2, -0.15) is 0 Å². The molecule has 6 nitrogen and oxygen atoms in total. The molecule has 2 aromatic rings. The van der Waals surface area contributed by atoms with Crippen molar-refractivity contribution in [2.45, 2.75) is 31.8 Å². The van der Waals surface area contributed by atoms with Gasteiger partial charge >= 0.3 is 6.36 Å². The minimum atomic E-state index is -4.73. The van der Waals surface area contributed by atoms with E-state index in [2.05, 4.69) is 25.3 Å². The Hall–Kier alpha value is -2.68. The Labute approximate surface area is 167 Å². The quantitative estimate of drug-likeness (QED) is 0.539. The minimum absolute atomic E-state index is 0.0619. The van der Waals surface area contributed by atoms with Crippen molar-refractivity contribution >= 4 is 5.96 Å². The highest BCUT2D eigenvalue weighted by Gasteiger charge is 2.32. The highest BCUT2D eigenvalue weighted by atomic mass is 19.4. The maximum atomic E-state index is 12.6. The molecule has 1 fully saturated rings. The van der Waals surface area contributed by atoms with Crippen LogP contribution in [0.2, 0.25) is 0 Å². The lowest BCUT2D eigenvalue weighted by Crippen LogP contribution is -2.42. The van der Waals surface area contributed by atoms with Crippen LogP contribution in [0.5, 0.6) is 5.75 Å². The van der Waals surface area contributed by atoms with Gasteiger partial charge in [-0.3, -0.25) is 9.89 Å². The van der Waals surface area contributed by atoms with Gasteiger partial charge in [-0.25, -0.2) is 0 Å². The van der Waals surface area contributed by atoms with Gasteiger partial charge in [0.15, 0.2) is 5.96 Å². The standard InChI is InChI=1S/C20H25F3N4O2/c1-24-19(25-13-15-7-2-3-8-17(15)29-20(21,22)23)26-14-16(18-9-6-12-28-18)27-10-4-5-11-27/h2-3,6-9,12,16H,4-5,10-11,13-14H2,1H3,(H2,24,25,26). The van der Waals surface area contributed by atoms with Gasteiger partial charge in [0.2, 0.25) is 0 Å². The predicted molar refractivity (Wildman–Crippen MR) is 104 cm³/mol. The van der Waals surface area contributed by atoms with Gasteiger partial charge in [-0.05, 0) is 44.1 Å². The third-order valence-electron chi connectivity index (χ3n) is 4.78. The Bertz CT molecular complexity index is 787. The number of aliphatic imine (C=N–C) groups is 1. The summed E-state index contributed by atoms with van der Waals surface area (Å²) in [4.78, 5) is 6.52. The highest BCUT2D eigenvalue weighted by molar-refractivity contribution is 5.79. The van der Waals surface area contributed by atoms with Gasteiger partial charge in [-0.15, -0.1) is 13.2 Å². The van der Waals surface area contributed by atoms with Gasteiger partial charge in [0, 0.05) is 25.7 Å². The smallest absolute Gasteiger partial charge is 0.468 e. The van der Waals surface area contributed by atoms with Gasteiger partial charge in [0.05, 0.1) is 12.3 Å². The molecule has 2 heterocycles. The van der Waals surface area contributed by atoms with E-state index in [4.69, 9.17) is 4.42 Å². The molecule has 2 N–H and O–H groups in total. The van der Waals surface area contributed by atoms with Crippen LogP contribution in [0.1, 0.15) is 30.2 Å². The normalized spacial score (nSPS) is 16.6. The van der Waals surface area contributed by atoms with Crippen LogP contribution in [0, 0.1) is 0 Å². The number of rotatable bonds is 7. The van der Waals surface area contributed by atoms with E-state index in [0.29, 0.717) is 18.1 Å². The molecule has 1 unspecified atom stereocenters. The van der Waals surface area contributed by atoms with Crippen LogP contribution >= 0.6 is 0 Å². The van der Waals surface area contributed by atoms with Crippen LogP contribution in [0.3, 0.4) is 0 Å². The van der Waals surface area contributed by atoms with Crippen molar-refractivity contribution in [1.82, 2.24) is 15.5 Å². The second-order valence-corrected chi connectivity index (χ2v) is 6.74. The van der Waals surface area contributed by atoms with E-state index in [1.54, 1.807) is 25.4 Å². The molecular weight excluding hydrogens is 385 g/mol. The predicted octanol–water partition coefficient (Wildman–Crippen LogP) is 3.68. The summed E-state index contributed by atoms with van der Waals surface area (Å²) in [6.45, 7) is 2.71. The Morgan fingerprint density at radius 1 is 1.17 bits per heavy atom. The summed E-state index contributed by atoms with van der Waals surface area (Å²) in [5.74, 6) is 1.13. The molecule has 9 heteroatoms. The van der Waals surface area contributed by atoms with Crippen molar-refractivity contribution in [3.63, 3.8) is 0 Å². The van der Waals surface area contributed by atoms with Crippen molar-refractivity contribution in [2.24, 2.45) is 4.99 Å². The summed E-state index contributed by atoms with van der Waals surface area (Å²) < 4.78 is 47.5. The molecule has 1 aromatic heterocycles. The van der Waals surface area contributed by atoms with Crippen molar-refractivity contribution in [2.75, 3.05) is 26.7 Å². The van der Waals surface area contributed by atoms with E-state index in [1.807, 2.05) is 12.1 Å². The van der Waals surface area contributed by atoms with Crippen LogP contribution < -0.4 is 15.4 Å². The maximum absolute atomic E-state index is 12.6. The van der Waals surface area contributed by atoms with Crippen molar-refractivity contribution in [3.8, 4) is 5.75 Å². The maximum Gasteiger partial charge on any atom is 0.573 e. The highest BCUT2D eigenvalue weighted by Crippen LogP contribution is 2.26. The number of para-hydroxylation sites is 1. The first-order valence-electron chi connectivity index (χ1n) is 9.52. The van der Waals surface area contributed by atoms with Crippen LogP contribution in [-0.4, -0.2) is 43.9 Å². The molecule has 1 atom stereocenters. The van der Waals surface area contributed by atoms with Crippen molar-refractivity contribution in [1.29, 1.82) is 0 Å². The lowest BCUT2D eigenvalue weighted by molar-refractivity contribution is -0.274. The average molecular weight is 410 g/mol. The Morgan fingerprint density at radius 3 is 2.59 bits per heavy atom. The summed E-state index contributed by atoms with van der Waals surface area (Å²) in [7, 11) is 1.62. The molecule has 0 saturated carbocycles. The molecule has 158 valence electrons. The number of nitrogens with zero attached hydrogens (tertiary/aromatic N) is 2. The number of halogens is 3. The first-order chi connectivity index (χ1) is 14.0. The number of ether oxygens (including phenoxy) is 1. The van der Waals surface area contributed by atoms with Crippen LogP contribution in [0.25, 0.3) is 0 Å². The fraction of sp³-hybridized carbons (Fsp3) is 0.450. The van der Waals surface area contributed by atoms with Crippen LogP contribution in [-0.2, 0) is 6.54 Å². The molecule has 1 saturated heterocycles. The second kappa shape index (κ2) is 9.69. The third-order valence-corrected chi connectivity index (χ3v) is 4.78. The van der Waals surface area contributed by atoms with Gasteiger partial charge in [0.25, 0.3) is 0 Å². The number of likely N-dealkylation sites (tertiary alicyclic amines) is 1. The fourth-order valence-corrected chi connectivity index (χ4v) is 3.41. The molecule has 1 aromatic carbocycles. The molecule has 0 bridgehead atoms. The monoisotopic (exact) mass is 410 g/mol. The van der Waals surface area contributed by atoms with E-state index >= 15 is 0 Å². The van der Waals surface area contributed by atoms with Gasteiger partial charge < -0.3 is 19.8 Å². The lowest BCUT2D eigenvalue weighted by Gasteiger charge is -2.26. The Balaban J connectivity index is 1.60. The molecule has 1 aliphatic rings. The number of hydrogen-bond acceptors (Lipinski definition) is 4. The number of alkyl halides is 3. The minimum Gasteiger partial charge on any atom is -0.468 e. The third kappa shape index (κ3) is 6.15. The van der Waals surface area contributed by atoms with E-state index in [9.17, 15) is 13.2 Å². The van der Waals surface area contributed by atoms with E-state index in [1.165, 1.54) is 12.1 Å². The molecule has 1 aliphatic heterocycles. The zero-order chi connectivity index (χ0) is 20.7. The van der Waals surface area contributed by atoms with Crippen molar-refractivity contribution in [3.05, 3.63) is 54.0 Å². The molecule has 0 aliphatic carbocycles. The number of furan rings is 1. The first kappa shape index (κ1) is 21.0. The van der Waals surface area contributed by atoms with Crippen molar-refractivity contribution < 1.29 is 22.3 Å². The fourth-order valence-electron chi connectivity index (χ4n) is 3.41. The molecule has 3 rings (SSSR count). The van der Waals surface area contributed by atoms with Gasteiger partial charge in [-0.1, -0.05) is 18.2 Å². The molecule has 0 spiro atoms. The Kier molecular flexibility index (Phi) is 7.03. The SMILES string of the molecule is CN=C(NCc1ccccc1OC(F)(F)F)NCC(c1ccco1)N1CCCC1. The van der Waals surface area contributed by atoms with Gasteiger partial charge in [0.1, 0.15) is 11.5 Å². The Morgan fingerprint density at radius 2 is 1.93 bits per heavy atom. The van der Waals surface area contributed by atoms with Crippen LogP contribution in [0.4, 0.5) is 13.2 Å². The van der Waals surface area contributed by atoms with E-state index < -0.39 is 6.36 Å². The lowest BCUT2D eigenvalue weighted by atomic mass is 10.2. The van der Waals surface area contributed by atoms with E-state index in [-0.39, 0.29) is 18.3 Å². The summed E-state index contributed by atoms with van der Waals surface area (Å²) in [6.07, 6.45) is -0.772. The number of nitrogens with one attached hydrogen (secondary N) is 2. The zero-order valence-corrected chi connectivity index (χ0v) is 16.2. The summed E-state index contributed by atoms with van der Waals surface area (Å²) in [5.41, 5.74) is 0.384. The second-order valence-electron chi connectivity index (χ2n) is 6.74.